The Labute approximate surface area is 215 Å². The Hall–Kier alpha value is -3.26. The molecule has 1 aliphatic carbocycles. The number of halogens is 1. The van der Waals surface area contributed by atoms with E-state index in [0.717, 1.165) is 59.6 Å². The molecule has 9 heteroatoms. The topological polar surface area (TPSA) is 87.9 Å². The molecule has 1 aromatic heterocycles. The highest BCUT2D eigenvalue weighted by atomic mass is 35.5. The molecular weight excluding hydrogens is 480 g/mol. The lowest BCUT2D eigenvalue weighted by Crippen LogP contribution is -2.42. The Morgan fingerprint density at radius 3 is 2.72 bits per heavy atom. The van der Waals surface area contributed by atoms with Crippen molar-refractivity contribution in [2.45, 2.75) is 57.5 Å². The average molecular weight is 511 g/mol. The van der Waals surface area contributed by atoms with Crippen molar-refractivity contribution in [3.05, 3.63) is 47.0 Å². The first-order chi connectivity index (χ1) is 17.3. The number of rotatable bonds is 4. The second kappa shape index (κ2) is 9.65. The van der Waals surface area contributed by atoms with E-state index in [4.69, 9.17) is 21.3 Å². The van der Waals surface area contributed by atoms with Crippen LogP contribution >= 0.6 is 11.6 Å². The van der Waals surface area contributed by atoms with Crippen LogP contribution in [-0.4, -0.2) is 46.9 Å². The van der Waals surface area contributed by atoms with E-state index in [2.05, 4.69) is 4.57 Å². The molecule has 1 fully saturated rings. The van der Waals surface area contributed by atoms with Gasteiger partial charge in [0.1, 0.15) is 0 Å². The van der Waals surface area contributed by atoms with E-state index in [1.807, 2.05) is 55.3 Å². The van der Waals surface area contributed by atoms with Gasteiger partial charge in [-0.15, -0.1) is 0 Å². The van der Waals surface area contributed by atoms with E-state index < -0.39 is 5.97 Å². The second-order valence-corrected chi connectivity index (χ2v) is 10.3. The predicted octanol–water partition coefficient (Wildman–Crippen LogP) is 6.18. The summed E-state index contributed by atoms with van der Waals surface area (Å²) in [6.07, 6.45) is 4.20. The van der Waals surface area contributed by atoms with Gasteiger partial charge in [-0.3, -0.25) is 9.69 Å². The number of hydrogen-bond donors (Lipinski definition) is 1. The maximum Gasteiger partial charge on any atom is 0.414 e. The van der Waals surface area contributed by atoms with Gasteiger partial charge in [-0.1, -0.05) is 24.1 Å². The molecule has 5 rings (SSSR count). The minimum atomic E-state index is -0.742. The van der Waals surface area contributed by atoms with E-state index >= 15 is 0 Å². The number of carbonyl (C=O) groups is 2. The van der Waals surface area contributed by atoms with Gasteiger partial charge in [-0.25, -0.2) is 9.78 Å². The third kappa shape index (κ3) is 4.17. The van der Waals surface area contributed by atoms with E-state index in [1.54, 1.807) is 4.90 Å². The number of aliphatic carboxylic acids is 1. The van der Waals surface area contributed by atoms with Gasteiger partial charge in [0.2, 0.25) is 5.95 Å². The summed E-state index contributed by atoms with van der Waals surface area (Å²) in [6.45, 7) is 2.02. The summed E-state index contributed by atoms with van der Waals surface area (Å²) in [4.78, 5) is 33.3. The maximum absolute atomic E-state index is 12.6. The summed E-state index contributed by atoms with van der Waals surface area (Å²) in [7, 11) is 3.35. The van der Waals surface area contributed by atoms with Crippen LogP contribution in [-0.2, 0) is 16.0 Å². The number of carbonyl (C=O) groups excluding carboxylic acids is 1. The van der Waals surface area contributed by atoms with Crippen LogP contribution in [0.3, 0.4) is 0 Å². The highest BCUT2D eigenvalue weighted by Crippen LogP contribution is 2.43. The van der Waals surface area contributed by atoms with Gasteiger partial charge >= 0.3 is 12.1 Å². The van der Waals surface area contributed by atoms with Crippen molar-refractivity contribution in [1.82, 2.24) is 9.55 Å². The summed E-state index contributed by atoms with van der Waals surface area (Å²) in [6, 6.07) is 11.6. The molecule has 1 saturated carbocycles. The van der Waals surface area contributed by atoms with Crippen LogP contribution in [0.1, 0.15) is 50.6 Å². The summed E-state index contributed by atoms with van der Waals surface area (Å²) in [5.41, 5.74) is 4.52. The maximum atomic E-state index is 12.6. The summed E-state index contributed by atoms with van der Waals surface area (Å²) in [5.74, 6) is -0.382. The fourth-order valence-electron chi connectivity index (χ4n) is 5.78. The van der Waals surface area contributed by atoms with Crippen LogP contribution in [0.4, 0.5) is 22.1 Å². The third-order valence-electron chi connectivity index (χ3n) is 7.66. The monoisotopic (exact) mass is 510 g/mol. The Balaban J connectivity index is 1.70. The van der Waals surface area contributed by atoms with E-state index in [0.29, 0.717) is 17.9 Å². The number of aryl methyl sites for hydroxylation is 1. The Morgan fingerprint density at radius 1 is 1.19 bits per heavy atom. The Kier molecular flexibility index (Phi) is 6.55. The number of imidazole rings is 1. The normalized spacial score (nSPS) is 21.8. The molecule has 0 saturated heterocycles. The molecule has 36 heavy (non-hydrogen) atoms. The molecule has 2 aromatic carbocycles. The number of nitrogens with zero attached hydrogens (tertiary/aromatic N) is 4. The predicted molar refractivity (Wildman–Crippen MR) is 141 cm³/mol. The van der Waals surface area contributed by atoms with E-state index in [9.17, 15) is 14.7 Å². The lowest BCUT2D eigenvalue weighted by Gasteiger charge is -2.34. The van der Waals surface area contributed by atoms with Gasteiger partial charge < -0.3 is 19.3 Å². The van der Waals surface area contributed by atoms with Gasteiger partial charge in [0.15, 0.2) is 0 Å². The minimum Gasteiger partial charge on any atom is -0.481 e. The average Bonchev–Trinajstić information content (AvgIpc) is 3.27. The molecule has 0 radical (unpaired) electrons. The zero-order valence-corrected chi connectivity index (χ0v) is 21.5. The van der Waals surface area contributed by atoms with Crippen LogP contribution in [0.25, 0.3) is 11.0 Å². The largest absolute Gasteiger partial charge is 0.481 e. The summed E-state index contributed by atoms with van der Waals surface area (Å²) in [5, 5.41) is 10.4. The number of aromatic nitrogens is 2. The smallest absolute Gasteiger partial charge is 0.414 e. The third-order valence-corrected chi connectivity index (χ3v) is 7.90. The first-order valence-electron chi connectivity index (χ1n) is 12.4. The van der Waals surface area contributed by atoms with Crippen molar-refractivity contribution in [3.63, 3.8) is 0 Å². The standard InChI is InChI=1S/C27H31ClN4O4/c1-16-10-11-21-22(31(16)27(35)36-3)12-13-23-24(21)29-26(30(2)19-8-5-7-18(28)15-19)32(23)20-9-4-6-17(14-20)25(33)34/h5,7-8,12-13,15-17,20H,4,6,9-11,14H2,1-3H3,(H,33,34)/t16-,17+,20+/m0/s1. The zero-order chi connectivity index (χ0) is 25.6. The van der Waals surface area contributed by atoms with Crippen molar-refractivity contribution in [1.29, 1.82) is 0 Å². The highest BCUT2D eigenvalue weighted by molar-refractivity contribution is 6.30. The van der Waals surface area contributed by atoms with Crippen molar-refractivity contribution in [3.8, 4) is 0 Å². The molecule has 0 bridgehead atoms. The molecule has 3 aromatic rings. The molecule has 190 valence electrons. The van der Waals surface area contributed by atoms with E-state index in [-0.39, 0.29) is 24.1 Å². The minimum absolute atomic E-state index is 0.00115. The number of amides is 1. The first kappa shape index (κ1) is 24.4. The van der Waals surface area contributed by atoms with Crippen molar-refractivity contribution < 1.29 is 19.4 Å². The molecule has 0 unspecified atom stereocenters. The number of ether oxygens (including phenoxy) is 1. The van der Waals surface area contributed by atoms with Crippen LogP contribution < -0.4 is 9.80 Å². The number of fused-ring (bicyclic) bond motifs is 3. The van der Waals surface area contributed by atoms with Gasteiger partial charge in [0.25, 0.3) is 0 Å². The molecule has 8 nitrogen and oxygen atoms in total. The molecule has 1 N–H and O–H groups in total. The highest BCUT2D eigenvalue weighted by Gasteiger charge is 2.35. The molecule has 0 spiro atoms. The molecular formula is C27H31ClN4O4. The van der Waals surface area contributed by atoms with Crippen molar-refractivity contribution in [2.24, 2.45) is 5.92 Å². The van der Waals surface area contributed by atoms with Gasteiger partial charge in [0, 0.05) is 35.4 Å². The summed E-state index contributed by atoms with van der Waals surface area (Å²) >= 11 is 6.30. The van der Waals surface area contributed by atoms with Crippen LogP contribution in [0.2, 0.25) is 5.02 Å². The Bertz CT molecular complexity index is 1320. The van der Waals surface area contributed by atoms with Crippen LogP contribution in [0.5, 0.6) is 0 Å². The van der Waals surface area contributed by atoms with E-state index in [1.165, 1.54) is 7.11 Å². The van der Waals surface area contributed by atoms with Crippen molar-refractivity contribution >= 4 is 52.0 Å². The molecule has 2 aliphatic rings. The second-order valence-electron chi connectivity index (χ2n) is 9.83. The Morgan fingerprint density at radius 2 is 2.00 bits per heavy atom. The lowest BCUT2D eigenvalue weighted by molar-refractivity contribution is -0.143. The first-order valence-corrected chi connectivity index (χ1v) is 12.8. The van der Waals surface area contributed by atoms with Gasteiger partial charge in [-0.2, -0.15) is 0 Å². The number of methoxy groups -OCH3 is 1. The number of carboxylic acids is 1. The number of benzene rings is 2. The number of carboxylic acid groups (broad SMARTS) is 1. The van der Waals surface area contributed by atoms with Gasteiger partial charge in [-0.05, 0) is 69.4 Å². The molecule has 1 amide bonds. The van der Waals surface area contributed by atoms with Crippen molar-refractivity contribution in [2.75, 3.05) is 24.0 Å². The molecule has 2 heterocycles. The summed E-state index contributed by atoms with van der Waals surface area (Å²) < 4.78 is 7.28. The fraction of sp³-hybridized carbons (Fsp3) is 0.444. The zero-order valence-electron chi connectivity index (χ0n) is 20.8. The molecule has 3 atom stereocenters. The fourth-order valence-corrected chi connectivity index (χ4v) is 5.97. The molecule has 1 aliphatic heterocycles. The SMILES string of the molecule is COC(=O)N1c2ccc3c(nc(N(C)c4cccc(Cl)c4)n3[C@@H]3CCC[C@@H](C(=O)O)C3)c2CC[C@@H]1C. The quantitative estimate of drug-likeness (QED) is 0.451. The number of hydrogen-bond acceptors (Lipinski definition) is 5. The number of anilines is 3. The van der Waals surface area contributed by atoms with Crippen LogP contribution in [0, 0.1) is 5.92 Å². The lowest BCUT2D eigenvalue weighted by atomic mass is 9.85. The van der Waals surface area contributed by atoms with Crippen LogP contribution in [0.15, 0.2) is 36.4 Å². The van der Waals surface area contributed by atoms with Gasteiger partial charge in [0.05, 0.1) is 29.7 Å².